The summed E-state index contributed by atoms with van der Waals surface area (Å²) in [7, 11) is -0.246. The Hall–Kier alpha value is -1.39. The monoisotopic (exact) mass is 366 g/mol. The van der Waals surface area contributed by atoms with Crippen LogP contribution in [0.4, 0.5) is 0 Å². The molecule has 2 aromatic rings. The largest absolute Gasteiger partial charge is 0.0883 e. The summed E-state index contributed by atoms with van der Waals surface area (Å²) in [5.41, 5.74) is 0. The van der Waals surface area contributed by atoms with Gasteiger partial charge in [0.15, 0.2) is 0 Å². The molecule has 1 heteroatoms. The van der Waals surface area contributed by atoms with Crippen LogP contribution in [0.3, 0.4) is 0 Å². The highest BCUT2D eigenvalue weighted by atomic mass is 31.1. The van der Waals surface area contributed by atoms with E-state index in [2.05, 4.69) is 86.7 Å². The lowest BCUT2D eigenvalue weighted by Crippen LogP contribution is -2.14. The van der Waals surface area contributed by atoms with Gasteiger partial charge in [0, 0.05) is 0 Å². The van der Waals surface area contributed by atoms with Gasteiger partial charge in [-0.2, -0.15) is 0 Å². The minimum absolute atomic E-state index is 0.246. The summed E-state index contributed by atoms with van der Waals surface area (Å²) in [4.78, 5) is 0. The number of unbranched alkanes of at least 4 members (excludes halogenated alkanes) is 5. The molecule has 0 aliphatic carbocycles. The molecule has 0 aromatic heterocycles. The Morgan fingerprint density at radius 2 is 1.38 bits per heavy atom. The molecule has 140 valence electrons. The van der Waals surface area contributed by atoms with Crippen molar-refractivity contribution in [2.75, 3.05) is 6.16 Å². The van der Waals surface area contributed by atoms with E-state index in [-0.39, 0.29) is 7.92 Å². The molecule has 26 heavy (non-hydrogen) atoms. The van der Waals surface area contributed by atoms with Crippen LogP contribution < -0.4 is 10.6 Å². The normalized spacial score (nSPS) is 12.7. The lowest BCUT2D eigenvalue weighted by molar-refractivity contribution is 0.634. The summed E-state index contributed by atoms with van der Waals surface area (Å²) >= 11 is 0. The standard InChI is InChI=1S/C25H35P/c1-3-4-5-6-7-8-11-16-23(2)21-22-26(24-17-12-9-13-18-24)25-19-14-10-15-20-25/h9-20,23H,3-8,21-22H2,1-2H3/b16-11-. The predicted molar refractivity (Wildman–Crippen MR) is 120 cm³/mol. The second kappa shape index (κ2) is 12.9. The van der Waals surface area contributed by atoms with Gasteiger partial charge in [-0.25, -0.2) is 0 Å². The zero-order valence-corrected chi connectivity index (χ0v) is 17.5. The highest BCUT2D eigenvalue weighted by molar-refractivity contribution is 7.73. The van der Waals surface area contributed by atoms with Gasteiger partial charge in [-0.3, -0.25) is 0 Å². The summed E-state index contributed by atoms with van der Waals surface area (Å²) in [6, 6.07) is 22.1. The quantitative estimate of drug-likeness (QED) is 0.214. The highest BCUT2D eigenvalue weighted by Crippen LogP contribution is 2.35. The molecule has 0 fully saturated rings. The lowest BCUT2D eigenvalue weighted by atomic mass is 10.1. The topological polar surface area (TPSA) is 0 Å². The minimum Gasteiger partial charge on any atom is -0.0883 e. The Balaban J connectivity index is 1.83. The van der Waals surface area contributed by atoms with Gasteiger partial charge in [-0.1, -0.05) is 112 Å². The van der Waals surface area contributed by atoms with Crippen LogP contribution >= 0.6 is 7.92 Å². The van der Waals surface area contributed by atoms with Crippen LogP contribution in [0.5, 0.6) is 0 Å². The van der Waals surface area contributed by atoms with Gasteiger partial charge in [-0.05, 0) is 49.9 Å². The fourth-order valence-corrected chi connectivity index (χ4v) is 5.79. The Bertz CT molecular complexity index is 563. The Morgan fingerprint density at radius 1 is 0.808 bits per heavy atom. The van der Waals surface area contributed by atoms with Crippen LogP contribution in [-0.4, -0.2) is 6.16 Å². The maximum absolute atomic E-state index is 2.45. The third-order valence-corrected chi connectivity index (χ3v) is 7.43. The summed E-state index contributed by atoms with van der Waals surface area (Å²) in [5.74, 6) is 0.670. The van der Waals surface area contributed by atoms with Gasteiger partial charge in [0.25, 0.3) is 0 Å². The first-order chi connectivity index (χ1) is 12.8. The number of rotatable bonds is 12. The Labute approximate surface area is 162 Å². The molecule has 0 saturated heterocycles. The fraction of sp³-hybridized carbons (Fsp3) is 0.440. The van der Waals surface area contributed by atoms with Crippen LogP contribution in [0.1, 0.15) is 58.8 Å². The van der Waals surface area contributed by atoms with E-state index in [9.17, 15) is 0 Å². The SMILES string of the molecule is CCCCCCC/C=C\C(C)CCP(c1ccccc1)c1ccccc1. The third kappa shape index (κ3) is 7.88. The third-order valence-electron chi connectivity index (χ3n) is 4.88. The maximum atomic E-state index is 2.45. The van der Waals surface area contributed by atoms with Crippen molar-refractivity contribution < 1.29 is 0 Å². The van der Waals surface area contributed by atoms with E-state index in [1.807, 2.05) is 0 Å². The summed E-state index contributed by atoms with van der Waals surface area (Å²) in [5, 5.41) is 3.00. The molecule has 0 radical (unpaired) electrons. The number of allylic oxidation sites excluding steroid dienone is 2. The molecule has 0 amide bonds. The van der Waals surface area contributed by atoms with E-state index in [0.29, 0.717) is 5.92 Å². The van der Waals surface area contributed by atoms with Gasteiger partial charge >= 0.3 is 0 Å². The lowest BCUT2D eigenvalue weighted by Gasteiger charge is -2.20. The van der Waals surface area contributed by atoms with E-state index >= 15 is 0 Å². The van der Waals surface area contributed by atoms with Crippen molar-refractivity contribution in [3.05, 3.63) is 72.8 Å². The summed E-state index contributed by atoms with van der Waals surface area (Å²) in [6.45, 7) is 4.65. The second-order valence-electron chi connectivity index (χ2n) is 7.22. The minimum atomic E-state index is -0.246. The van der Waals surface area contributed by atoms with Crippen molar-refractivity contribution >= 4 is 18.5 Å². The van der Waals surface area contributed by atoms with Crippen molar-refractivity contribution in [3.8, 4) is 0 Å². The molecule has 1 unspecified atom stereocenters. The molecule has 2 rings (SSSR count). The smallest absolute Gasteiger partial charge is 0.0195 e. The van der Waals surface area contributed by atoms with Crippen LogP contribution in [0.25, 0.3) is 0 Å². The van der Waals surface area contributed by atoms with E-state index in [4.69, 9.17) is 0 Å². The second-order valence-corrected chi connectivity index (χ2v) is 9.56. The molecule has 0 spiro atoms. The van der Waals surface area contributed by atoms with Gasteiger partial charge in [0.2, 0.25) is 0 Å². The van der Waals surface area contributed by atoms with E-state index in [1.54, 1.807) is 0 Å². The fourth-order valence-electron chi connectivity index (χ4n) is 3.25. The van der Waals surface area contributed by atoms with Crippen LogP contribution in [-0.2, 0) is 0 Å². The zero-order valence-electron chi connectivity index (χ0n) is 16.6. The summed E-state index contributed by atoms with van der Waals surface area (Å²) < 4.78 is 0. The molecule has 1 atom stereocenters. The average molecular weight is 367 g/mol. The molecule has 0 bridgehead atoms. The summed E-state index contributed by atoms with van der Waals surface area (Å²) in [6.07, 6.45) is 15.5. The molecule has 2 aromatic carbocycles. The first-order valence-electron chi connectivity index (χ1n) is 10.4. The zero-order chi connectivity index (χ0) is 18.5. The van der Waals surface area contributed by atoms with Crippen LogP contribution in [0, 0.1) is 5.92 Å². The average Bonchev–Trinajstić information content (AvgIpc) is 2.69. The molecule has 0 N–H and O–H groups in total. The van der Waals surface area contributed by atoms with Crippen molar-refractivity contribution in [2.45, 2.75) is 58.8 Å². The van der Waals surface area contributed by atoms with Crippen LogP contribution in [0.2, 0.25) is 0 Å². The van der Waals surface area contributed by atoms with Crippen molar-refractivity contribution in [3.63, 3.8) is 0 Å². The molecule has 0 aliphatic rings. The molecular formula is C25H35P. The maximum Gasteiger partial charge on any atom is -0.0195 e. The molecule has 0 nitrogen and oxygen atoms in total. The molecule has 0 heterocycles. The molecule has 0 saturated carbocycles. The molecular weight excluding hydrogens is 331 g/mol. The van der Waals surface area contributed by atoms with Gasteiger partial charge < -0.3 is 0 Å². The van der Waals surface area contributed by atoms with Gasteiger partial charge in [0.05, 0.1) is 0 Å². The number of benzene rings is 2. The van der Waals surface area contributed by atoms with Crippen molar-refractivity contribution in [1.82, 2.24) is 0 Å². The van der Waals surface area contributed by atoms with Gasteiger partial charge in [0.1, 0.15) is 0 Å². The van der Waals surface area contributed by atoms with E-state index in [1.165, 1.54) is 61.7 Å². The number of hydrogen-bond donors (Lipinski definition) is 0. The van der Waals surface area contributed by atoms with E-state index < -0.39 is 0 Å². The Kier molecular flexibility index (Phi) is 10.4. The van der Waals surface area contributed by atoms with Crippen molar-refractivity contribution in [1.29, 1.82) is 0 Å². The molecule has 0 aliphatic heterocycles. The Morgan fingerprint density at radius 3 is 1.96 bits per heavy atom. The van der Waals surface area contributed by atoms with E-state index in [0.717, 1.165) is 0 Å². The van der Waals surface area contributed by atoms with Gasteiger partial charge in [-0.15, -0.1) is 0 Å². The first kappa shape index (κ1) is 20.9. The number of hydrogen-bond acceptors (Lipinski definition) is 0. The van der Waals surface area contributed by atoms with Crippen molar-refractivity contribution in [2.24, 2.45) is 5.92 Å². The first-order valence-corrected chi connectivity index (χ1v) is 11.9. The predicted octanol–water partition coefficient (Wildman–Crippen LogP) is 7.06. The highest BCUT2D eigenvalue weighted by Gasteiger charge is 2.14. The van der Waals surface area contributed by atoms with Crippen LogP contribution in [0.15, 0.2) is 72.8 Å².